The Kier molecular flexibility index (Phi) is 35.7. The van der Waals surface area contributed by atoms with Crippen molar-refractivity contribution < 1.29 is 57.5 Å². The van der Waals surface area contributed by atoms with Crippen molar-refractivity contribution in [3.05, 3.63) is 0 Å². The fourth-order valence-corrected chi connectivity index (χ4v) is 8.95. The van der Waals surface area contributed by atoms with E-state index in [2.05, 4.69) is 81.5 Å². The number of amides is 5. The zero-order chi connectivity index (χ0) is 55.3. The number of nitrogens with one attached hydrogen (secondary N) is 1. The van der Waals surface area contributed by atoms with Crippen LogP contribution < -0.4 is 51.8 Å². The molecule has 10 N–H and O–H groups in total. The van der Waals surface area contributed by atoms with Crippen molar-refractivity contribution in [3.63, 3.8) is 0 Å². The van der Waals surface area contributed by atoms with Crippen LogP contribution in [0.4, 0.5) is 0 Å². The first-order valence-electron chi connectivity index (χ1n) is 24.4. The first-order chi connectivity index (χ1) is 30.1. The summed E-state index contributed by atoms with van der Waals surface area (Å²) in [7, 11) is 1.70. The van der Waals surface area contributed by atoms with Crippen molar-refractivity contribution in [2.45, 2.75) is 178 Å². The van der Waals surface area contributed by atoms with E-state index in [1.54, 1.807) is 7.05 Å². The molecule has 5 amide bonds. The monoisotopic (exact) mass is 1160 g/mol. The van der Waals surface area contributed by atoms with E-state index in [9.17, 15) is 28.8 Å². The average molecular weight is 1160 g/mol. The summed E-state index contributed by atoms with van der Waals surface area (Å²) in [6, 6.07) is 0. The summed E-state index contributed by atoms with van der Waals surface area (Å²) in [5.74, 6) is 1.11. The number of carbonyl (C=O) groups is 6. The Morgan fingerprint density at radius 3 is 0.984 bits per heavy atom. The molecule has 4 atom stereocenters. The molecule has 0 aliphatic heterocycles. The number of aliphatic carboxylic acids is 1. The summed E-state index contributed by atoms with van der Waals surface area (Å²) in [5.41, 5.74) is 21.3. The van der Waals surface area contributed by atoms with Gasteiger partial charge in [0.2, 0.25) is 29.5 Å². The second-order valence-corrected chi connectivity index (χ2v) is 21.4. The van der Waals surface area contributed by atoms with E-state index >= 15 is 0 Å². The Bertz CT molecular complexity index is 1320. The second kappa shape index (κ2) is 34.1. The number of halogens is 2. The van der Waals surface area contributed by atoms with Gasteiger partial charge < -0.3 is 33.4 Å². The maximum atomic E-state index is 11.3. The van der Waals surface area contributed by atoms with Crippen LogP contribution in [-0.2, 0) is 28.8 Å². The average Bonchev–Trinajstić information content (AvgIpc) is 3.78. The van der Waals surface area contributed by atoms with Crippen LogP contribution in [0.2, 0.25) is 0 Å². The van der Waals surface area contributed by atoms with Crippen LogP contribution in [0.5, 0.6) is 0 Å². The Balaban J connectivity index is -0.000000163. The van der Waals surface area contributed by atoms with Gasteiger partial charge >= 0.3 is 30.7 Å². The molecule has 2 aliphatic carbocycles. The molecule has 64 heavy (non-hydrogen) atoms. The van der Waals surface area contributed by atoms with Crippen LogP contribution in [0.25, 0.3) is 0 Å². The van der Waals surface area contributed by atoms with Crippen LogP contribution in [0.1, 0.15) is 178 Å². The zero-order valence-corrected chi connectivity index (χ0v) is 50.0. The number of carboxylic acids is 1. The van der Waals surface area contributed by atoms with Crippen molar-refractivity contribution >= 4 is 64.4 Å². The standard InChI is InChI=1S/C9H17NO.C8H15NO.3C8H17NO.C8H16O2.H2IP.H2I/c1-8(2)6(7(11)10-5)9(8,3)4;1-7(2)5(6(9)10)8(7,3)4;1-5(2)7(6(3)4)8(9)10;1-4-5-7(6(2)3)8(9)10;1-4-6(3)7(5-2)8(9)10;1-5(2)7(6(3)4)8(9)10;1-2;/h6H,1-5H3,(H,10,11);5H,1-4H3,(H2,9,10);5-7H,1-4H3,(H2,9,10);2*6-7H,4-5H2,1-3H3,(H2,9,10);5-7H,1-4H3,(H,9,10);2H2;1H2/q;;;;;;;-1/i;;;;;;2D;1D2. The number of hydrogen-bond donors (Lipinski definition) is 6. The van der Waals surface area contributed by atoms with Crippen molar-refractivity contribution in [3.8, 4) is 0 Å². The maximum absolute atomic E-state index is 11.3. The Morgan fingerprint density at radius 1 is 0.625 bits per heavy atom. The van der Waals surface area contributed by atoms with Crippen LogP contribution in [0.15, 0.2) is 0 Å². The first-order valence-corrected chi connectivity index (χ1v) is 26.7. The van der Waals surface area contributed by atoms with Gasteiger partial charge in [-0.3, -0.25) is 28.8 Å². The summed E-state index contributed by atoms with van der Waals surface area (Å²) in [4.78, 5) is 65.0. The number of hydrogen-bond acceptors (Lipinski definition) is 6. The molecule has 386 valence electrons. The molecule has 0 spiro atoms. The predicted octanol–water partition coefficient (Wildman–Crippen LogP) is 6.74. The number of carbonyl (C=O) groups excluding carboxylic acids is 5. The summed E-state index contributed by atoms with van der Waals surface area (Å²) in [6.07, 6.45) is 3.85. The summed E-state index contributed by atoms with van der Waals surface area (Å²) in [6.45, 7) is 45.4. The molecule has 2 rings (SSSR count). The molecule has 2 saturated carbocycles. The molecule has 12 nitrogen and oxygen atoms in total. The first kappa shape index (κ1) is 67.0. The Labute approximate surface area is 427 Å². The molecule has 0 bridgehead atoms. The quantitative estimate of drug-likeness (QED) is 0.0719. The number of rotatable bonds is 16. The fourth-order valence-electron chi connectivity index (χ4n) is 8.95. The normalized spacial score (nSPS) is 18.0. The third-order valence-electron chi connectivity index (χ3n) is 14.2. The number of primary amides is 4. The van der Waals surface area contributed by atoms with E-state index in [1.165, 1.54) is 0 Å². The van der Waals surface area contributed by atoms with Gasteiger partial charge in [-0.1, -0.05) is 194 Å². The van der Waals surface area contributed by atoms with E-state index in [-0.39, 0.29) is 98.5 Å². The van der Waals surface area contributed by atoms with Gasteiger partial charge in [-0.2, -0.15) is 0 Å². The van der Waals surface area contributed by atoms with E-state index in [0.717, 1.165) is 25.7 Å². The van der Waals surface area contributed by atoms with Gasteiger partial charge in [-0.25, -0.2) is 0 Å². The van der Waals surface area contributed by atoms with Gasteiger partial charge in [0.15, 0.2) is 0 Å². The molecule has 2 aliphatic rings. The molecule has 2 fully saturated rings. The molecule has 0 radical (unpaired) electrons. The summed E-state index contributed by atoms with van der Waals surface area (Å²) < 4.78 is 18.2. The van der Waals surface area contributed by atoms with Crippen LogP contribution >= 0.6 is 28.9 Å². The van der Waals surface area contributed by atoms with Crippen molar-refractivity contribution in [1.29, 1.82) is 2.47 Å². The topological polar surface area (TPSA) is 239 Å². The van der Waals surface area contributed by atoms with Gasteiger partial charge in [-0.05, 0) is 70.0 Å². The molecule has 15 heteroatoms. The Morgan fingerprint density at radius 2 is 0.938 bits per heavy atom. The number of nitrogens with two attached hydrogens (primary N) is 4. The Hall–Kier alpha value is -1.29. The molecule has 4 unspecified atom stereocenters. The predicted molar refractivity (Wildman–Crippen MR) is 280 cm³/mol. The third kappa shape index (κ3) is 24.6. The van der Waals surface area contributed by atoms with Gasteiger partial charge in [0.25, 0.3) is 0 Å². The van der Waals surface area contributed by atoms with E-state index in [0.29, 0.717) is 30.5 Å². The zero-order valence-electron chi connectivity index (χ0n) is 47.7. The van der Waals surface area contributed by atoms with Crippen LogP contribution in [0.3, 0.4) is 0 Å². The summed E-state index contributed by atoms with van der Waals surface area (Å²) >= 11 is 1.07. The SMILES string of the molecule is CC(C)C(C(=O)O)C(C)C.CC(C)C(C(N)=O)C(C)C.CC1(C)C(C(N)=O)C1(C)C.CCC(C)C(CC)C(N)=O.CCCC(C(N)=O)C(C)C.CNC(=O)C1C(C)(C)C1(C)C.[2H]PI.[2H][I-][2H]. The van der Waals surface area contributed by atoms with Crippen molar-refractivity contribution in [2.24, 2.45) is 116 Å². The minimum absolute atomic E-state index is 0.0278. The third-order valence-corrected chi connectivity index (χ3v) is 14.2. The molecule has 0 saturated heterocycles. The van der Waals surface area contributed by atoms with Crippen molar-refractivity contribution in [2.75, 3.05) is 7.05 Å². The molecular weight excluding hydrogens is 1060 g/mol. The second-order valence-electron chi connectivity index (χ2n) is 21.4. The summed E-state index contributed by atoms with van der Waals surface area (Å²) in [5, 5.41) is 11.4. The van der Waals surface area contributed by atoms with E-state index < -0.39 is 29.5 Å². The van der Waals surface area contributed by atoms with Crippen molar-refractivity contribution in [1.82, 2.24) is 5.32 Å². The fraction of sp³-hybridized carbons (Fsp3) is 0.878. The molecule has 0 heterocycles. The molecule has 0 aromatic carbocycles. The van der Waals surface area contributed by atoms with Gasteiger partial charge in [0.05, 0.1) is 7.20 Å². The van der Waals surface area contributed by atoms with Gasteiger partial charge in [0, 0.05) is 36.6 Å². The van der Waals surface area contributed by atoms with Crippen LogP contribution in [-0.4, -0.2) is 50.1 Å². The molecular formula is C49H103I2N5O7P-. The van der Waals surface area contributed by atoms with Crippen LogP contribution in [0, 0.1) is 92.7 Å². The van der Waals surface area contributed by atoms with Gasteiger partial charge in [0.1, 0.15) is 0 Å². The van der Waals surface area contributed by atoms with Gasteiger partial charge in [-0.15, -0.1) is 0 Å². The number of carboxylic acid groups (broad SMARTS) is 1. The minimum atomic E-state index is -0.910. The van der Waals surface area contributed by atoms with E-state index in [1.807, 2.05) is 98.2 Å². The van der Waals surface area contributed by atoms with E-state index in [4.69, 9.17) is 30.5 Å². The molecule has 0 aromatic heterocycles. The molecule has 0 aromatic rings.